The summed E-state index contributed by atoms with van der Waals surface area (Å²) < 4.78 is 4.24. The number of hydrogen-bond donors (Lipinski definition) is 1. The van der Waals surface area contributed by atoms with Crippen molar-refractivity contribution in [3.8, 4) is 0 Å². The number of fused-ring (bicyclic) bond motifs is 1. The Morgan fingerprint density at radius 1 is 1.30 bits per heavy atom. The van der Waals surface area contributed by atoms with Gasteiger partial charge >= 0.3 is 5.69 Å². The first kappa shape index (κ1) is 14.1. The maximum Gasteiger partial charge on any atom is 0.332 e. The number of aryl methyl sites for hydroxylation is 1. The number of rotatable bonds is 4. The van der Waals surface area contributed by atoms with Gasteiger partial charge in [0, 0.05) is 27.2 Å². The molecule has 20 heavy (non-hydrogen) atoms. The average molecular weight is 277 g/mol. The van der Waals surface area contributed by atoms with E-state index in [1.165, 1.54) is 11.6 Å². The highest BCUT2D eigenvalue weighted by Crippen LogP contribution is 2.16. The van der Waals surface area contributed by atoms with E-state index >= 15 is 0 Å². The van der Waals surface area contributed by atoms with Crippen LogP contribution in [0.25, 0.3) is 11.2 Å². The monoisotopic (exact) mass is 277 g/mol. The fourth-order valence-electron chi connectivity index (χ4n) is 2.16. The molecule has 0 spiro atoms. The molecule has 0 amide bonds. The van der Waals surface area contributed by atoms with Gasteiger partial charge < -0.3 is 9.88 Å². The maximum absolute atomic E-state index is 12.4. The van der Waals surface area contributed by atoms with Crippen LogP contribution >= 0.6 is 0 Å². The highest BCUT2D eigenvalue weighted by molar-refractivity contribution is 5.74. The summed E-state index contributed by atoms with van der Waals surface area (Å²) in [5.41, 5.74) is 0.967. The molecule has 2 aromatic heterocycles. The highest BCUT2D eigenvalue weighted by Gasteiger charge is 2.18. The fraction of sp³-hybridized carbons (Fsp3) is 0.462. The first-order valence-electron chi connectivity index (χ1n) is 6.43. The van der Waals surface area contributed by atoms with Gasteiger partial charge in [-0.25, -0.2) is 4.79 Å². The quantitative estimate of drug-likeness (QED) is 0.823. The van der Waals surface area contributed by atoms with Gasteiger partial charge in [0.05, 0.1) is 0 Å². The van der Waals surface area contributed by atoms with Crippen LogP contribution < -0.4 is 16.6 Å². The molecule has 2 rings (SSSR count). The standard InChI is InChI=1S/C13H19N5O2/c1-6-14-12-15-10-9(18(12)7-8(2)3)11(19)17(5)13(20)16(10)4/h2,6-7H2,1,3-5H3,(H,14,15). The van der Waals surface area contributed by atoms with Crippen LogP contribution in [0.1, 0.15) is 13.8 Å². The van der Waals surface area contributed by atoms with Gasteiger partial charge in [-0.15, -0.1) is 0 Å². The van der Waals surface area contributed by atoms with Gasteiger partial charge in [0.2, 0.25) is 5.95 Å². The Kier molecular flexibility index (Phi) is 3.52. The second-order valence-electron chi connectivity index (χ2n) is 4.89. The third-order valence-electron chi connectivity index (χ3n) is 3.11. The second-order valence-corrected chi connectivity index (χ2v) is 4.89. The smallest absolute Gasteiger partial charge is 0.332 e. The predicted molar refractivity (Wildman–Crippen MR) is 79.2 cm³/mol. The van der Waals surface area contributed by atoms with E-state index in [1.54, 1.807) is 11.6 Å². The maximum atomic E-state index is 12.4. The van der Waals surface area contributed by atoms with Crippen molar-refractivity contribution >= 4 is 17.1 Å². The Morgan fingerprint density at radius 2 is 1.95 bits per heavy atom. The van der Waals surface area contributed by atoms with E-state index in [0.717, 1.165) is 10.1 Å². The zero-order valence-corrected chi connectivity index (χ0v) is 12.2. The van der Waals surface area contributed by atoms with Crippen LogP contribution in [0.4, 0.5) is 5.95 Å². The summed E-state index contributed by atoms with van der Waals surface area (Å²) in [5.74, 6) is 0.573. The van der Waals surface area contributed by atoms with E-state index in [4.69, 9.17) is 0 Å². The van der Waals surface area contributed by atoms with Crippen molar-refractivity contribution in [1.82, 2.24) is 18.7 Å². The molecular formula is C13H19N5O2. The van der Waals surface area contributed by atoms with Crippen molar-refractivity contribution in [3.63, 3.8) is 0 Å². The summed E-state index contributed by atoms with van der Waals surface area (Å²) in [6, 6.07) is 0. The van der Waals surface area contributed by atoms with Crippen molar-refractivity contribution in [1.29, 1.82) is 0 Å². The molecular weight excluding hydrogens is 258 g/mol. The Bertz CT molecular complexity index is 794. The van der Waals surface area contributed by atoms with Gasteiger partial charge in [0.1, 0.15) is 0 Å². The molecule has 0 aliphatic rings. The number of hydrogen-bond acceptors (Lipinski definition) is 4. The Balaban J connectivity index is 2.93. The van der Waals surface area contributed by atoms with Crippen LogP contribution in [0.3, 0.4) is 0 Å². The van der Waals surface area contributed by atoms with E-state index < -0.39 is 0 Å². The van der Waals surface area contributed by atoms with E-state index in [9.17, 15) is 9.59 Å². The van der Waals surface area contributed by atoms with Crippen molar-refractivity contribution < 1.29 is 0 Å². The predicted octanol–water partition coefficient (Wildman–Crippen LogP) is 0.442. The van der Waals surface area contributed by atoms with Gasteiger partial charge in [0.25, 0.3) is 5.56 Å². The lowest BCUT2D eigenvalue weighted by Crippen LogP contribution is -2.37. The lowest BCUT2D eigenvalue weighted by molar-refractivity contribution is 0.702. The van der Waals surface area contributed by atoms with E-state index in [0.29, 0.717) is 30.2 Å². The molecule has 0 aliphatic carbocycles. The summed E-state index contributed by atoms with van der Waals surface area (Å²) in [6.07, 6.45) is 0. The van der Waals surface area contributed by atoms with E-state index in [-0.39, 0.29) is 11.2 Å². The molecule has 0 atom stereocenters. The molecule has 0 aliphatic heterocycles. The van der Waals surface area contributed by atoms with Gasteiger partial charge in [0.15, 0.2) is 11.2 Å². The summed E-state index contributed by atoms with van der Waals surface area (Å²) >= 11 is 0. The number of allylic oxidation sites excluding steroid dienone is 1. The third kappa shape index (κ3) is 2.04. The second kappa shape index (κ2) is 4.99. The van der Waals surface area contributed by atoms with Crippen LogP contribution in [-0.2, 0) is 20.6 Å². The van der Waals surface area contributed by atoms with Crippen molar-refractivity contribution in [3.05, 3.63) is 33.0 Å². The fourth-order valence-corrected chi connectivity index (χ4v) is 2.16. The minimum atomic E-state index is -0.384. The zero-order valence-electron chi connectivity index (χ0n) is 12.2. The Labute approximate surface area is 116 Å². The topological polar surface area (TPSA) is 73.8 Å². The molecule has 7 heteroatoms. The summed E-state index contributed by atoms with van der Waals surface area (Å²) in [5, 5.41) is 3.11. The first-order valence-corrected chi connectivity index (χ1v) is 6.43. The minimum Gasteiger partial charge on any atom is -0.356 e. The molecule has 108 valence electrons. The van der Waals surface area contributed by atoms with Crippen LogP contribution in [0.2, 0.25) is 0 Å². The molecule has 1 N–H and O–H groups in total. The average Bonchev–Trinajstić information content (AvgIpc) is 2.73. The number of anilines is 1. The molecule has 0 unspecified atom stereocenters. The van der Waals surface area contributed by atoms with Crippen LogP contribution in [-0.4, -0.2) is 25.2 Å². The molecule has 2 heterocycles. The van der Waals surface area contributed by atoms with Crippen molar-refractivity contribution in [2.24, 2.45) is 14.1 Å². The number of nitrogens with one attached hydrogen (secondary N) is 1. The van der Waals surface area contributed by atoms with Gasteiger partial charge in [-0.05, 0) is 13.8 Å². The first-order chi connectivity index (χ1) is 9.38. The lowest BCUT2D eigenvalue weighted by atomic mass is 10.3. The van der Waals surface area contributed by atoms with Crippen LogP contribution in [0.15, 0.2) is 21.7 Å². The Morgan fingerprint density at radius 3 is 2.50 bits per heavy atom. The van der Waals surface area contributed by atoms with Crippen molar-refractivity contribution in [2.75, 3.05) is 11.9 Å². The summed E-state index contributed by atoms with van der Waals surface area (Å²) in [6.45, 7) is 8.86. The molecule has 7 nitrogen and oxygen atoms in total. The number of aromatic nitrogens is 4. The van der Waals surface area contributed by atoms with Gasteiger partial charge in [-0.1, -0.05) is 12.2 Å². The van der Waals surface area contributed by atoms with Crippen LogP contribution in [0, 0.1) is 0 Å². The highest BCUT2D eigenvalue weighted by atomic mass is 16.2. The lowest BCUT2D eigenvalue weighted by Gasteiger charge is -2.09. The molecule has 0 aromatic carbocycles. The van der Waals surface area contributed by atoms with E-state index in [2.05, 4.69) is 16.9 Å². The number of imidazole rings is 1. The third-order valence-corrected chi connectivity index (χ3v) is 3.11. The SMILES string of the molecule is C=C(C)Cn1c(NCC)nc2c1c(=O)n(C)c(=O)n2C. The summed E-state index contributed by atoms with van der Waals surface area (Å²) in [4.78, 5) is 28.7. The summed E-state index contributed by atoms with van der Waals surface area (Å²) in [7, 11) is 3.08. The molecule has 0 fully saturated rings. The largest absolute Gasteiger partial charge is 0.356 e. The molecule has 0 bridgehead atoms. The molecule has 2 aromatic rings. The normalized spacial score (nSPS) is 11.0. The molecule has 0 radical (unpaired) electrons. The molecule has 0 saturated carbocycles. The van der Waals surface area contributed by atoms with Gasteiger partial charge in [-0.3, -0.25) is 13.9 Å². The van der Waals surface area contributed by atoms with E-state index in [1.807, 2.05) is 13.8 Å². The number of nitrogens with zero attached hydrogens (tertiary/aromatic N) is 4. The zero-order chi connectivity index (χ0) is 15.0. The minimum absolute atomic E-state index is 0.346. The van der Waals surface area contributed by atoms with Crippen LogP contribution in [0.5, 0.6) is 0 Å². The van der Waals surface area contributed by atoms with Crippen molar-refractivity contribution in [2.45, 2.75) is 20.4 Å². The van der Waals surface area contributed by atoms with Gasteiger partial charge in [-0.2, -0.15) is 4.98 Å². The Hall–Kier alpha value is -2.31. The molecule has 0 saturated heterocycles.